The van der Waals surface area contributed by atoms with Gasteiger partial charge in [0.05, 0.1) is 0 Å². The Morgan fingerprint density at radius 3 is 2.84 bits per heavy atom. The number of carbonyl (C=O) groups is 1. The molecule has 0 atom stereocenters. The van der Waals surface area contributed by atoms with Gasteiger partial charge in [-0.25, -0.2) is 0 Å². The molecule has 2 heterocycles. The topological polar surface area (TPSA) is 62.1 Å². The van der Waals surface area contributed by atoms with Crippen LogP contribution in [-0.2, 0) is 6.54 Å². The fraction of sp³-hybridized carbons (Fsp3) is 0.263. The Hall–Kier alpha value is -2.34. The van der Waals surface area contributed by atoms with Gasteiger partial charge in [0, 0.05) is 23.1 Å². The number of nitrogens with zero attached hydrogens (tertiary/aromatic N) is 2. The van der Waals surface area contributed by atoms with E-state index in [-0.39, 0.29) is 5.91 Å². The molecule has 1 aliphatic carbocycles. The summed E-state index contributed by atoms with van der Waals surface area (Å²) in [5.41, 5.74) is 2.24. The van der Waals surface area contributed by atoms with Gasteiger partial charge in [-0.05, 0) is 49.6 Å². The number of halogens is 1. The van der Waals surface area contributed by atoms with Gasteiger partial charge in [0.15, 0.2) is 11.5 Å². The van der Waals surface area contributed by atoms with Crippen molar-refractivity contribution in [2.75, 3.05) is 0 Å². The Balaban J connectivity index is 1.56. The first-order chi connectivity index (χ1) is 12.1. The van der Waals surface area contributed by atoms with Crippen molar-refractivity contribution in [2.24, 2.45) is 0 Å². The van der Waals surface area contributed by atoms with Crippen LogP contribution in [0.1, 0.15) is 34.7 Å². The van der Waals surface area contributed by atoms with Crippen molar-refractivity contribution < 1.29 is 9.21 Å². The first-order valence-corrected chi connectivity index (χ1v) is 9.07. The molecule has 1 amide bonds. The number of nitrogens with one attached hydrogen (secondary N) is 1. The molecule has 3 aromatic rings. The Labute approximate surface area is 154 Å². The number of aromatic nitrogens is 2. The van der Waals surface area contributed by atoms with Gasteiger partial charge in [-0.1, -0.05) is 28.1 Å². The first kappa shape index (κ1) is 16.1. The lowest BCUT2D eigenvalue weighted by molar-refractivity contribution is 0.0724. The fourth-order valence-electron chi connectivity index (χ4n) is 2.87. The zero-order chi connectivity index (χ0) is 17.4. The van der Waals surface area contributed by atoms with Crippen LogP contribution < -0.4 is 0 Å². The lowest BCUT2D eigenvalue weighted by Crippen LogP contribution is -2.32. The molecule has 25 heavy (non-hydrogen) atoms. The number of benzene rings is 1. The van der Waals surface area contributed by atoms with Gasteiger partial charge >= 0.3 is 0 Å². The number of H-pyrrole nitrogens is 1. The lowest BCUT2D eigenvalue weighted by atomic mass is 10.2. The second-order valence-electron chi connectivity index (χ2n) is 6.37. The summed E-state index contributed by atoms with van der Waals surface area (Å²) in [5, 5.41) is 7.11. The normalized spacial score (nSPS) is 13.8. The van der Waals surface area contributed by atoms with E-state index in [4.69, 9.17) is 4.42 Å². The maximum Gasteiger partial charge on any atom is 0.274 e. The number of amides is 1. The average Bonchev–Trinajstić information content (AvgIpc) is 3.14. The summed E-state index contributed by atoms with van der Waals surface area (Å²) in [7, 11) is 0. The predicted molar refractivity (Wildman–Crippen MR) is 98.1 cm³/mol. The summed E-state index contributed by atoms with van der Waals surface area (Å²) < 4.78 is 6.61. The minimum Gasteiger partial charge on any atom is -0.460 e. The maximum absolute atomic E-state index is 13.0. The second kappa shape index (κ2) is 6.52. The molecule has 5 nitrogen and oxygen atoms in total. The van der Waals surface area contributed by atoms with E-state index in [1.165, 1.54) is 0 Å². The van der Waals surface area contributed by atoms with E-state index in [9.17, 15) is 4.79 Å². The minimum atomic E-state index is -0.0479. The van der Waals surface area contributed by atoms with Crippen LogP contribution in [0.25, 0.3) is 11.5 Å². The van der Waals surface area contributed by atoms with E-state index in [2.05, 4.69) is 26.1 Å². The molecule has 0 radical (unpaired) electrons. The van der Waals surface area contributed by atoms with E-state index in [1.54, 1.807) is 6.07 Å². The van der Waals surface area contributed by atoms with E-state index < -0.39 is 0 Å². The number of aryl methyl sites for hydroxylation is 1. The summed E-state index contributed by atoms with van der Waals surface area (Å²) in [6.07, 6.45) is 2.10. The van der Waals surface area contributed by atoms with Crippen molar-refractivity contribution in [3.63, 3.8) is 0 Å². The quantitative estimate of drug-likeness (QED) is 0.684. The third kappa shape index (κ3) is 3.54. The van der Waals surface area contributed by atoms with Crippen molar-refractivity contribution in [1.29, 1.82) is 0 Å². The number of carbonyl (C=O) groups excluding carboxylic acids is 1. The molecule has 2 aromatic heterocycles. The van der Waals surface area contributed by atoms with Crippen LogP contribution >= 0.6 is 15.9 Å². The zero-order valence-electron chi connectivity index (χ0n) is 13.8. The largest absolute Gasteiger partial charge is 0.460 e. The smallest absolute Gasteiger partial charge is 0.274 e. The summed E-state index contributed by atoms with van der Waals surface area (Å²) in [5.74, 6) is 1.47. The lowest BCUT2D eigenvalue weighted by Gasteiger charge is -2.21. The SMILES string of the molecule is Cc1ccc(-c2cc(C(=O)N(Cc3cccc(Br)c3)C3CC3)n[nH]2)o1. The molecule has 1 aliphatic rings. The Morgan fingerprint density at radius 2 is 2.16 bits per heavy atom. The van der Waals surface area contributed by atoms with Gasteiger partial charge in [0.1, 0.15) is 11.5 Å². The van der Waals surface area contributed by atoms with Crippen molar-refractivity contribution in [2.45, 2.75) is 32.4 Å². The highest BCUT2D eigenvalue weighted by atomic mass is 79.9. The van der Waals surface area contributed by atoms with Crippen molar-refractivity contribution in [3.05, 3.63) is 64.0 Å². The third-order valence-corrected chi connectivity index (χ3v) is 4.79. The van der Waals surface area contributed by atoms with Gasteiger partial charge in [-0.2, -0.15) is 5.10 Å². The molecule has 0 saturated heterocycles. The summed E-state index contributed by atoms with van der Waals surface area (Å²) in [4.78, 5) is 14.9. The Morgan fingerprint density at radius 1 is 1.32 bits per heavy atom. The third-order valence-electron chi connectivity index (χ3n) is 4.29. The van der Waals surface area contributed by atoms with Gasteiger partial charge in [-0.3, -0.25) is 9.89 Å². The average molecular weight is 400 g/mol. The minimum absolute atomic E-state index is 0.0479. The monoisotopic (exact) mass is 399 g/mol. The highest BCUT2D eigenvalue weighted by molar-refractivity contribution is 9.10. The highest BCUT2D eigenvalue weighted by Crippen LogP contribution is 2.30. The van der Waals surface area contributed by atoms with Crippen LogP contribution in [0.5, 0.6) is 0 Å². The van der Waals surface area contributed by atoms with E-state index in [1.807, 2.05) is 48.2 Å². The van der Waals surface area contributed by atoms with Crippen LogP contribution in [0.15, 0.2) is 51.4 Å². The molecule has 1 saturated carbocycles. The number of hydrogen-bond acceptors (Lipinski definition) is 3. The van der Waals surface area contributed by atoms with Crippen LogP contribution in [0.3, 0.4) is 0 Å². The van der Waals surface area contributed by atoms with Gasteiger partial charge in [0.2, 0.25) is 0 Å². The molecule has 0 unspecified atom stereocenters. The standard InChI is InChI=1S/C19H18BrN3O2/c1-12-5-8-18(25-12)16-10-17(22-21-16)19(24)23(15-6-7-15)11-13-3-2-4-14(20)9-13/h2-5,8-10,15H,6-7,11H2,1H3,(H,21,22). The van der Waals surface area contributed by atoms with Crippen molar-refractivity contribution >= 4 is 21.8 Å². The number of furan rings is 1. The van der Waals surface area contributed by atoms with E-state index in [0.29, 0.717) is 24.0 Å². The van der Waals surface area contributed by atoms with Crippen LogP contribution in [0, 0.1) is 6.92 Å². The first-order valence-electron chi connectivity index (χ1n) is 8.28. The molecular weight excluding hydrogens is 382 g/mol. The molecule has 0 aliphatic heterocycles. The zero-order valence-corrected chi connectivity index (χ0v) is 15.4. The molecule has 1 aromatic carbocycles. The van der Waals surface area contributed by atoms with Crippen molar-refractivity contribution in [1.82, 2.24) is 15.1 Å². The Bertz CT molecular complexity index is 911. The molecule has 128 valence electrons. The van der Waals surface area contributed by atoms with E-state index in [0.717, 1.165) is 34.3 Å². The Kier molecular flexibility index (Phi) is 4.21. The van der Waals surface area contributed by atoms with Gasteiger partial charge in [-0.15, -0.1) is 0 Å². The molecule has 4 rings (SSSR count). The van der Waals surface area contributed by atoms with Gasteiger partial charge in [0.25, 0.3) is 5.91 Å². The molecule has 1 fully saturated rings. The molecule has 6 heteroatoms. The van der Waals surface area contributed by atoms with E-state index >= 15 is 0 Å². The summed E-state index contributed by atoms with van der Waals surface area (Å²) in [6.45, 7) is 2.48. The second-order valence-corrected chi connectivity index (χ2v) is 7.29. The number of aromatic amines is 1. The van der Waals surface area contributed by atoms with Crippen LogP contribution in [0.2, 0.25) is 0 Å². The molecule has 1 N–H and O–H groups in total. The van der Waals surface area contributed by atoms with Crippen LogP contribution in [0.4, 0.5) is 0 Å². The van der Waals surface area contributed by atoms with Crippen molar-refractivity contribution in [3.8, 4) is 11.5 Å². The molecular formula is C19H18BrN3O2. The number of hydrogen-bond donors (Lipinski definition) is 1. The molecule has 0 spiro atoms. The predicted octanol–water partition coefficient (Wildman–Crippen LogP) is 4.55. The maximum atomic E-state index is 13.0. The molecule has 0 bridgehead atoms. The number of rotatable bonds is 5. The van der Waals surface area contributed by atoms with Crippen LogP contribution in [-0.4, -0.2) is 27.0 Å². The van der Waals surface area contributed by atoms with Gasteiger partial charge < -0.3 is 9.32 Å². The summed E-state index contributed by atoms with van der Waals surface area (Å²) >= 11 is 3.49. The fourth-order valence-corrected chi connectivity index (χ4v) is 3.32. The summed E-state index contributed by atoms with van der Waals surface area (Å²) in [6, 6.07) is 13.9. The highest BCUT2D eigenvalue weighted by Gasteiger charge is 2.34.